The molecule has 1 heterocycles. The molecule has 0 radical (unpaired) electrons. The molecule has 21 heavy (non-hydrogen) atoms. The Labute approximate surface area is 126 Å². The molecule has 2 N–H and O–H groups in total. The van der Waals surface area contributed by atoms with Gasteiger partial charge in [0.15, 0.2) is 0 Å². The number of thiophene rings is 1. The van der Waals surface area contributed by atoms with Gasteiger partial charge in [-0.1, -0.05) is 0 Å². The van der Waals surface area contributed by atoms with Crippen LogP contribution in [0.1, 0.15) is 10.4 Å². The van der Waals surface area contributed by atoms with Crippen LogP contribution >= 0.6 is 11.3 Å². The number of carboxylic acids is 1. The van der Waals surface area contributed by atoms with E-state index in [1.54, 1.807) is 24.3 Å². The minimum Gasteiger partial charge on any atom is -0.478 e. The maximum atomic E-state index is 12.2. The van der Waals surface area contributed by atoms with Gasteiger partial charge < -0.3 is 10.0 Å². The van der Waals surface area contributed by atoms with Crippen molar-refractivity contribution in [1.82, 2.24) is 0 Å². The second kappa shape index (κ2) is 5.74. The molecule has 0 atom stereocenters. The summed E-state index contributed by atoms with van der Waals surface area (Å²) in [5, 5.41) is 10.1. The van der Waals surface area contributed by atoms with Crippen molar-refractivity contribution in [3.05, 3.63) is 41.3 Å². The van der Waals surface area contributed by atoms with Gasteiger partial charge in [0.1, 0.15) is 4.21 Å². The predicted molar refractivity (Wildman–Crippen MR) is 82.9 cm³/mol. The third-order valence-electron chi connectivity index (χ3n) is 2.72. The summed E-state index contributed by atoms with van der Waals surface area (Å²) in [4.78, 5) is 12.7. The number of nitrogens with zero attached hydrogens (tertiary/aromatic N) is 1. The number of aromatic carboxylic acids is 1. The number of carboxylic acid groups (broad SMARTS) is 1. The Kier molecular flexibility index (Phi) is 4.19. The number of benzene rings is 1. The van der Waals surface area contributed by atoms with Gasteiger partial charge in [0.25, 0.3) is 10.0 Å². The van der Waals surface area contributed by atoms with Crippen LogP contribution < -0.4 is 9.62 Å². The summed E-state index contributed by atoms with van der Waals surface area (Å²) < 4.78 is 26.7. The highest BCUT2D eigenvalue weighted by Gasteiger charge is 2.19. The first-order valence-corrected chi connectivity index (χ1v) is 8.28. The van der Waals surface area contributed by atoms with Gasteiger partial charge in [-0.25, -0.2) is 13.2 Å². The Hall–Kier alpha value is -2.06. The molecule has 8 heteroatoms. The van der Waals surface area contributed by atoms with E-state index in [1.807, 2.05) is 19.0 Å². The SMILES string of the molecule is CN(C)c1ccc(NS(=O)(=O)c2cc(C(=O)O)cs2)cc1. The lowest BCUT2D eigenvalue weighted by atomic mass is 10.3. The lowest BCUT2D eigenvalue weighted by Gasteiger charge is -2.13. The third kappa shape index (κ3) is 3.53. The Balaban J connectivity index is 2.22. The molecule has 0 aliphatic rings. The molecule has 1 aromatic carbocycles. The van der Waals surface area contributed by atoms with E-state index in [9.17, 15) is 13.2 Å². The van der Waals surface area contributed by atoms with Gasteiger partial charge >= 0.3 is 5.97 Å². The normalized spacial score (nSPS) is 11.1. The molecule has 0 unspecified atom stereocenters. The lowest BCUT2D eigenvalue weighted by molar-refractivity contribution is 0.0697. The van der Waals surface area contributed by atoms with Crippen LogP contribution in [0.25, 0.3) is 0 Å². The van der Waals surface area contributed by atoms with Crippen LogP contribution in [0.2, 0.25) is 0 Å². The maximum absolute atomic E-state index is 12.2. The summed E-state index contributed by atoms with van der Waals surface area (Å²) >= 11 is 0.873. The molecule has 0 aliphatic carbocycles. The first-order valence-electron chi connectivity index (χ1n) is 5.91. The van der Waals surface area contributed by atoms with Gasteiger partial charge in [0.2, 0.25) is 0 Å². The van der Waals surface area contributed by atoms with Crippen LogP contribution in [0.4, 0.5) is 11.4 Å². The molecule has 0 spiro atoms. The molecule has 0 amide bonds. The van der Waals surface area contributed by atoms with Crippen LogP contribution in [0.15, 0.2) is 39.9 Å². The number of hydrogen-bond acceptors (Lipinski definition) is 5. The van der Waals surface area contributed by atoms with Crippen LogP contribution in [-0.2, 0) is 10.0 Å². The maximum Gasteiger partial charge on any atom is 0.336 e. The minimum absolute atomic E-state index is 0.0309. The monoisotopic (exact) mass is 326 g/mol. The van der Waals surface area contributed by atoms with Crippen LogP contribution in [0.3, 0.4) is 0 Å². The Morgan fingerprint density at radius 2 is 1.86 bits per heavy atom. The highest BCUT2D eigenvalue weighted by molar-refractivity contribution is 7.94. The quantitative estimate of drug-likeness (QED) is 0.880. The van der Waals surface area contributed by atoms with Crippen molar-refractivity contribution < 1.29 is 18.3 Å². The van der Waals surface area contributed by atoms with Crippen molar-refractivity contribution in [2.75, 3.05) is 23.7 Å². The Bertz CT molecular complexity index is 749. The highest BCUT2D eigenvalue weighted by Crippen LogP contribution is 2.24. The zero-order chi connectivity index (χ0) is 15.6. The van der Waals surface area contributed by atoms with Gasteiger partial charge in [-0.05, 0) is 30.3 Å². The average Bonchev–Trinajstić information content (AvgIpc) is 2.89. The van der Waals surface area contributed by atoms with Crippen molar-refractivity contribution >= 4 is 38.7 Å². The fourth-order valence-corrected chi connectivity index (χ4v) is 3.81. The van der Waals surface area contributed by atoms with Crippen LogP contribution in [0, 0.1) is 0 Å². The molecule has 2 aromatic rings. The van der Waals surface area contributed by atoms with E-state index in [4.69, 9.17) is 5.11 Å². The highest BCUT2D eigenvalue weighted by atomic mass is 32.2. The molecular formula is C13H14N2O4S2. The molecule has 0 fully saturated rings. The summed E-state index contributed by atoms with van der Waals surface area (Å²) in [6.07, 6.45) is 0. The van der Waals surface area contributed by atoms with E-state index >= 15 is 0 Å². The van der Waals surface area contributed by atoms with Gasteiger partial charge in [-0.15, -0.1) is 11.3 Å². The Morgan fingerprint density at radius 1 is 1.24 bits per heavy atom. The summed E-state index contributed by atoms with van der Waals surface area (Å²) in [7, 11) is 0.00678. The molecule has 2 rings (SSSR count). The lowest BCUT2D eigenvalue weighted by Crippen LogP contribution is -2.12. The van der Waals surface area contributed by atoms with Crippen LogP contribution in [0.5, 0.6) is 0 Å². The molecule has 0 saturated heterocycles. The van der Waals surface area contributed by atoms with Crippen molar-refractivity contribution in [3.8, 4) is 0 Å². The zero-order valence-electron chi connectivity index (χ0n) is 11.4. The van der Waals surface area contributed by atoms with Crippen LogP contribution in [-0.4, -0.2) is 33.6 Å². The van der Waals surface area contributed by atoms with Gasteiger partial charge in [-0.3, -0.25) is 4.72 Å². The smallest absolute Gasteiger partial charge is 0.336 e. The summed E-state index contributed by atoms with van der Waals surface area (Å²) in [5.41, 5.74) is 1.33. The van der Waals surface area contributed by atoms with Gasteiger partial charge in [0.05, 0.1) is 5.56 Å². The van der Waals surface area contributed by atoms with Crippen molar-refractivity contribution in [2.45, 2.75) is 4.21 Å². The second-order valence-electron chi connectivity index (χ2n) is 4.51. The molecule has 0 aliphatic heterocycles. The van der Waals surface area contributed by atoms with Crippen molar-refractivity contribution in [3.63, 3.8) is 0 Å². The predicted octanol–water partition coefficient (Wildman–Crippen LogP) is 2.31. The minimum atomic E-state index is -3.77. The number of carbonyl (C=O) groups is 1. The summed E-state index contributed by atoms with van der Waals surface area (Å²) in [6.45, 7) is 0. The topological polar surface area (TPSA) is 86.7 Å². The van der Waals surface area contributed by atoms with E-state index in [2.05, 4.69) is 4.72 Å². The summed E-state index contributed by atoms with van der Waals surface area (Å²) in [5.74, 6) is -1.15. The zero-order valence-corrected chi connectivity index (χ0v) is 13.0. The van der Waals surface area contributed by atoms with E-state index in [-0.39, 0.29) is 9.77 Å². The third-order valence-corrected chi connectivity index (χ3v) is 5.54. The van der Waals surface area contributed by atoms with Gasteiger partial charge in [-0.2, -0.15) is 0 Å². The summed E-state index contributed by atoms with van der Waals surface area (Å²) in [6, 6.07) is 8.02. The first kappa shape index (κ1) is 15.3. The Morgan fingerprint density at radius 3 is 2.33 bits per heavy atom. The van der Waals surface area contributed by atoms with E-state index in [1.165, 1.54) is 5.38 Å². The number of hydrogen-bond donors (Lipinski definition) is 2. The largest absolute Gasteiger partial charge is 0.478 e. The number of sulfonamides is 1. The molecule has 112 valence electrons. The van der Waals surface area contributed by atoms with Crippen molar-refractivity contribution in [1.29, 1.82) is 0 Å². The van der Waals surface area contributed by atoms with Crippen molar-refractivity contribution in [2.24, 2.45) is 0 Å². The van der Waals surface area contributed by atoms with E-state index in [0.29, 0.717) is 5.69 Å². The van der Waals surface area contributed by atoms with Gasteiger partial charge in [0, 0.05) is 30.9 Å². The second-order valence-corrected chi connectivity index (χ2v) is 7.33. The van der Waals surface area contributed by atoms with E-state index < -0.39 is 16.0 Å². The average molecular weight is 326 g/mol. The fourth-order valence-electron chi connectivity index (χ4n) is 1.60. The number of rotatable bonds is 5. The molecule has 1 aromatic heterocycles. The molecule has 0 saturated carbocycles. The molecule has 6 nitrogen and oxygen atoms in total. The fraction of sp³-hybridized carbons (Fsp3) is 0.154. The number of anilines is 2. The molecular weight excluding hydrogens is 312 g/mol. The standard InChI is InChI=1S/C13H14N2O4S2/c1-15(2)11-5-3-10(4-6-11)14-21(18,19)12-7-9(8-20-12)13(16)17/h3-8,14H,1-2H3,(H,16,17). The molecule has 0 bridgehead atoms. The first-order chi connectivity index (χ1) is 9.79. The number of nitrogens with one attached hydrogen (secondary N) is 1. The van der Waals surface area contributed by atoms with E-state index in [0.717, 1.165) is 23.1 Å².